The first-order valence-electron chi connectivity index (χ1n) is 5.98. The lowest BCUT2D eigenvalue weighted by molar-refractivity contribution is 0.123. The molecule has 2 rings (SSSR count). The van der Waals surface area contributed by atoms with E-state index >= 15 is 0 Å². The highest BCUT2D eigenvalue weighted by Crippen LogP contribution is 2.38. The highest BCUT2D eigenvalue weighted by molar-refractivity contribution is 5.66. The third kappa shape index (κ3) is 2.30. The van der Waals surface area contributed by atoms with E-state index in [9.17, 15) is 4.39 Å². The van der Waals surface area contributed by atoms with E-state index in [-0.39, 0.29) is 5.56 Å². The topological polar surface area (TPSA) is 33.0 Å². The Balaban J connectivity index is 2.53. The Kier molecular flexibility index (Phi) is 3.52. The number of nitrogens with zero attached hydrogens (tertiary/aromatic N) is 1. The van der Waals surface area contributed by atoms with E-state index in [4.69, 9.17) is 10.00 Å². The average molecular weight is 255 g/mol. The summed E-state index contributed by atoms with van der Waals surface area (Å²) in [4.78, 5) is 0. The van der Waals surface area contributed by atoms with E-state index in [1.165, 1.54) is 6.07 Å². The molecule has 0 saturated heterocycles. The van der Waals surface area contributed by atoms with Gasteiger partial charge in [-0.1, -0.05) is 18.2 Å². The zero-order chi connectivity index (χ0) is 13.9. The number of nitriles is 1. The second-order valence-electron chi connectivity index (χ2n) is 4.44. The first-order chi connectivity index (χ1) is 9.15. The molecule has 3 heteroatoms. The van der Waals surface area contributed by atoms with Crippen molar-refractivity contribution < 1.29 is 9.13 Å². The SMILES string of the molecule is C=CCC1(CC=C)C=Cc2ccc(F)c(C#N)c2O1. The smallest absolute Gasteiger partial charge is 0.148 e. The molecule has 0 radical (unpaired) electrons. The van der Waals surface area contributed by atoms with Gasteiger partial charge < -0.3 is 4.74 Å². The molecule has 1 heterocycles. The summed E-state index contributed by atoms with van der Waals surface area (Å²) in [6, 6.07) is 4.74. The number of ether oxygens (including phenoxy) is 1. The molecule has 0 unspecified atom stereocenters. The second-order valence-corrected chi connectivity index (χ2v) is 4.44. The van der Waals surface area contributed by atoms with Crippen LogP contribution < -0.4 is 4.74 Å². The average Bonchev–Trinajstić information content (AvgIpc) is 2.39. The van der Waals surface area contributed by atoms with Crippen molar-refractivity contribution in [1.29, 1.82) is 5.26 Å². The van der Waals surface area contributed by atoms with Crippen LogP contribution in [0.3, 0.4) is 0 Å². The largest absolute Gasteiger partial charge is 0.480 e. The van der Waals surface area contributed by atoms with E-state index in [0.717, 1.165) is 0 Å². The standard InChI is InChI=1S/C16H14FNO/c1-3-8-16(9-4-2)10-7-12-5-6-14(17)13(11-18)15(12)19-16/h3-7,10H,1-2,8-9H2. The Morgan fingerprint density at radius 2 is 2.00 bits per heavy atom. The van der Waals surface area contributed by atoms with E-state index < -0.39 is 11.4 Å². The van der Waals surface area contributed by atoms with Gasteiger partial charge in [0.2, 0.25) is 0 Å². The van der Waals surface area contributed by atoms with Crippen molar-refractivity contribution in [2.24, 2.45) is 0 Å². The molecule has 0 atom stereocenters. The molecule has 0 fully saturated rings. The van der Waals surface area contributed by atoms with E-state index in [1.54, 1.807) is 18.2 Å². The predicted octanol–water partition coefficient (Wildman–Crippen LogP) is 3.99. The van der Waals surface area contributed by atoms with Crippen molar-refractivity contribution >= 4 is 6.08 Å². The fraction of sp³-hybridized carbons (Fsp3) is 0.188. The maximum absolute atomic E-state index is 13.6. The fourth-order valence-corrected chi connectivity index (χ4v) is 2.19. The first kappa shape index (κ1) is 13.1. The molecule has 0 aromatic heterocycles. The van der Waals surface area contributed by atoms with Gasteiger partial charge in [0.05, 0.1) is 0 Å². The zero-order valence-corrected chi connectivity index (χ0v) is 10.5. The number of halogens is 1. The van der Waals surface area contributed by atoms with Crippen molar-refractivity contribution in [3.63, 3.8) is 0 Å². The van der Waals surface area contributed by atoms with Gasteiger partial charge in [-0.2, -0.15) is 5.26 Å². The van der Waals surface area contributed by atoms with E-state index in [1.807, 2.05) is 18.2 Å². The van der Waals surface area contributed by atoms with Gasteiger partial charge >= 0.3 is 0 Å². The van der Waals surface area contributed by atoms with Crippen LogP contribution in [0.2, 0.25) is 0 Å². The predicted molar refractivity (Wildman–Crippen MR) is 73.1 cm³/mol. The molecule has 19 heavy (non-hydrogen) atoms. The van der Waals surface area contributed by atoms with Gasteiger partial charge in [-0.05, 0) is 18.2 Å². The third-order valence-electron chi connectivity index (χ3n) is 3.10. The summed E-state index contributed by atoms with van der Waals surface area (Å²) in [6.45, 7) is 7.42. The van der Waals surface area contributed by atoms with Gasteiger partial charge in [0, 0.05) is 18.4 Å². The number of hydrogen-bond acceptors (Lipinski definition) is 2. The minimum atomic E-state index is -0.629. The molecular weight excluding hydrogens is 241 g/mol. The third-order valence-corrected chi connectivity index (χ3v) is 3.10. The van der Waals surface area contributed by atoms with Crippen molar-refractivity contribution in [2.45, 2.75) is 18.4 Å². The minimum Gasteiger partial charge on any atom is -0.480 e. The van der Waals surface area contributed by atoms with E-state index in [0.29, 0.717) is 24.2 Å². The lowest BCUT2D eigenvalue weighted by atomic mass is 9.90. The number of benzene rings is 1. The highest BCUT2D eigenvalue weighted by atomic mass is 19.1. The maximum Gasteiger partial charge on any atom is 0.148 e. The molecular formula is C16H14FNO. The summed E-state index contributed by atoms with van der Waals surface area (Å²) in [5, 5.41) is 9.07. The van der Waals surface area contributed by atoms with Crippen molar-refractivity contribution in [3.8, 4) is 11.8 Å². The normalized spacial score (nSPS) is 14.9. The molecule has 0 aliphatic carbocycles. The zero-order valence-electron chi connectivity index (χ0n) is 10.5. The van der Waals surface area contributed by atoms with Gasteiger partial charge in [-0.3, -0.25) is 0 Å². The van der Waals surface area contributed by atoms with Crippen LogP contribution in [0.4, 0.5) is 4.39 Å². The highest BCUT2D eigenvalue weighted by Gasteiger charge is 2.32. The molecule has 1 aromatic carbocycles. The Bertz CT molecular complexity index is 586. The van der Waals surface area contributed by atoms with Crippen molar-refractivity contribution in [1.82, 2.24) is 0 Å². The summed E-state index contributed by atoms with van der Waals surface area (Å²) in [5.41, 5.74) is 0.0247. The molecule has 1 aliphatic heterocycles. The van der Waals surface area contributed by atoms with Crippen LogP contribution >= 0.6 is 0 Å². The number of rotatable bonds is 4. The van der Waals surface area contributed by atoms with Crippen LogP contribution in [0.15, 0.2) is 43.5 Å². The monoisotopic (exact) mass is 255 g/mol. The van der Waals surface area contributed by atoms with Crippen molar-refractivity contribution in [3.05, 3.63) is 60.5 Å². The summed E-state index contributed by atoms with van der Waals surface area (Å²) < 4.78 is 19.5. The Labute approximate surface area is 112 Å². The fourth-order valence-electron chi connectivity index (χ4n) is 2.19. The number of fused-ring (bicyclic) bond motifs is 1. The molecule has 0 saturated carbocycles. The maximum atomic E-state index is 13.6. The van der Waals surface area contributed by atoms with Gasteiger partial charge in [-0.15, -0.1) is 13.2 Å². The molecule has 96 valence electrons. The van der Waals surface area contributed by atoms with Gasteiger partial charge in [0.15, 0.2) is 0 Å². The Morgan fingerprint density at radius 1 is 1.32 bits per heavy atom. The molecule has 0 spiro atoms. The Hall–Kier alpha value is -2.34. The molecule has 1 aliphatic rings. The lowest BCUT2D eigenvalue weighted by Crippen LogP contribution is -2.35. The van der Waals surface area contributed by atoms with Crippen LogP contribution in [0.5, 0.6) is 5.75 Å². The molecule has 1 aromatic rings. The van der Waals surface area contributed by atoms with Crippen LogP contribution in [-0.2, 0) is 0 Å². The molecule has 0 amide bonds. The summed E-state index contributed by atoms with van der Waals surface area (Å²) in [7, 11) is 0. The minimum absolute atomic E-state index is 0.0562. The molecule has 2 nitrogen and oxygen atoms in total. The second kappa shape index (κ2) is 5.11. The van der Waals surface area contributed by atoms with Crippen LogP contribution in [0.1, 0.15) is 24.0 Å². The quantitative estimate of drug-likeness (QED) is 0.762. The summed E-state index contributed by atoms with van der Waals surface area (Å²) in [6.07, 6.45) is 8.38. The Morgan fingerprint density at radius 3 is 2.58 bits per heavy atom. The molecule has 0 bridgehead atoms. The summed E-state index contributed by atoms with van der Waals surface area (Å²) in [5.74, 6) is -0.267. The van der Waals surface area contributed by atoms with Gasteiger partial charge in [0.25, 0.3) is 0 Å². The molecule has 0 N–H and O–H groups in total. The van der Waals surface area contributed by atoms with Crippen LogP contribution in [-0.4, -0.2) is 5.60 Å². The van der Waals surface area contributed by atoms with E-state index in [2.05, 4.69) is 13.2 Å². The van der Waals surface area contributed by atoms with Gasteiger partial charge in [-0.25, -0.2) is 4.39 Å². The summed E-state index contributed by atoms with van der Waals surface area (Å²) >= 11 is 0. The van der Waals surface area contributed by atoms with Crippen LogP contribution in [0.25, 0.3) is 6.08 Å². The lowest BCUT2D eigenvalue weighted by Gasteiger charge is -2.34. The first-order valence-corrected chi connectivity index (χ1v) is 5.98. The number of hydrogen-bond donors (Lipinski definition) is 0. The van der Waals surface area contributed by atoms with Crippen LogP contribution in [0, 0.1) is 17.1 Å². The van der Waals surface area contributed by atoms with Crippen molar-refractivity contribution in [2.75, 3.05) is 0 Å². The van der Waals surface area contributed by atoms with Gasteiger partial charge in [0.1, 0.15) is 28.8 Å².